The van der Waals surface area contributed by atoms with Crippen LogP contribution in [-0.2, 0) is 4.79 Å². The van der Waals surface area contributed by atoms with E-state index >= 15 is 0 Å². The lowest BCUT2D eigenvalue weighted by molar-refractivity contribution is -0.116. The van der Waals surface area contributed by atoms with Crippen LogP contribution in [0.25, 0.3) is 0 Å². The van der Waals surface area contributed by atoms with Crippen LogP contribution in [0.5, 0.6) is 17.2 Å². The normalized spacial score (nSPS) is 10.2. The summed E-state index contributed by atoms with van der Waals surface area (Å²) >= 11 is 0. The lowest BCUT2D eigenvalue weighted by atomic mass is 10.2. The molecule has 0 saturated carbocycles. The third-order valence-corrected chi connectivity index (χ3v) is 4.04. The quantitative estimate of drug-likeness (QED) is 0.783. The highest BCUT2D eigenvalue weighted by molar-refractivity contribution is 5.96. The third-order valence-electron chi connectivity index (χ3n) is 4.04. The second-order valence-electron chi connectivity index (χ2n) is 5.74. The van der Waals surface area contributed by atoms with E-state index < -0.39 is 0 Å². The van der Waals surface area contributed by atoms with Crippen molar-refractivity contribution in [3.8, 4) is 17.2 Å². The van der Waals surface area contributed by atoms with Gasteiger partial charge in [0.2, 0.25) is 11.7 Å². The van der Waals surface area contributed by atoms with Gasteiger partial charge in [0.25, 0.3) is 0 Å². The van der Waals surface area contributed by atoms with E-state index in [1.165, 1.54) is 0 Å². The van der Waals surface area contributed by atoms with E-state index in [2.05, 4.69) is 5.32 Å². The van der Waals surface area contributed by atoms with E-state index in [9.17, 15) is 4.79 Å². The van der Waals surface area contributed by atoms with Crippen LogP contribution in [0.4, 0.5) is 11.4 Å². The molecule has 6 nitrogen and oxygen atoms in total. The molecule has 0 heterocycles. The standard InChI is InChI=1S/C20H26N2O4/c1-6-22(16-9-7-8-14(2)10-16)19(23)13-21-15-11-17(24-3)20(26-5)18(12-15)25-4/h7-12,21H,6,13H2,1-5H3. The van der Waals surface area contributed by atoms with E-state index in [4.69, 9.17) is 14.2 Å². The molecule has 2 rings (SSSR count). The molecular weight excluding hydrogens is 332 g/mol. The summed E-state index contributed by atoms with van der Waals surface area (Å²) in [7, 11) is 4.67. The van der Waals surface area contributed by atoms with Crippen LogP contribution in [0.3, 0.4) is 0 Å². The topological polar surface area (TPSA) is 60.0 Å². The summed E-state index contributed by atoms with van der Waals surface area (Å²) in [6, 6.07) is 11.5. The molecule has 1 N–H and O–H groups in total. The Kier molecular flexibility index (Phi) is 6.72. The zero-order chi connectivity index (χ0) is 19.1. The highest BCUT2D eigenvalue weighted by Gasteiger charge is 2.16. The van der Waals surface area contributed by atoms with Crippen LogP contribution in [0.1, 0.15) is 12.5 Å². The molecule has 1 amide bonds. The van der Waals surface area contributed by atoms with Gasteiger partial charge < -0.3 is 24.4 Å². The summed E-state index contributed by atoms with van der Waals surface area (Å²) in [5, 5.41) is 3.14. The van der Waals surface area contributed by atoms with Crippen molar-refractivity contribution in [2.75, 3.05) is 44.6 Å². The lowest BCUT2D eigenvalue weighted by Crippen LogP contribution is -2.35. The van der Waals surface area contributed by atoms with E-state index in [1.807, 2.05) is 38.1 Å². The van der Waals surface area contributed by atoms with Crippen molar-refractivity contribution < 1.29 is 19.0 Å². The first kappa shape index (κ1) is 19.4. The van der Waals surface area contributed by atoms with E-state index in [0.717, 1.165) is 11.3 Å². The number of aryl methyl sites for hydroxylation is 1. The summed E-state index contributed by atoms with van der Waals surface area (Å²) in [6.07, 6.45) is 0. The van der Waals surface area contributed by atoms with Gasteiger partial charge in [0.15, 0.2) is 11.5 Å². The van der Waals surface area contributed by atoms with Crippen LogP contribution in [-0.4, -0.2) is 40.3 Å². The first-order valence-corrected chi connectivity index (χ1v) is 8.44. The molecule has 6 heteroatoms. The Morgan fingerprint density at radius 3 is 2.19 bits per heavy atom. The van der Waals surface area contributed by atoms with Gasteiger partial charge in [-0.3, -0.25) is 4.79 Å². The number of carbonyl (C=O) groups excluding carboxylic acids is 1. The minimum absolute atomic E-state index is 0.0214. The first-order chi connectivity index (χ1) is 12.5. The summed E-state index contributed by atoms with van der Waals surface area (Å²) in [4.78, 5) is 14.4. The van der Waals surface area contributed by atoms with Crippen molar-refractivity contribution in [1.29, 1.82) is 0 Å². The molecule has 0 unspecified atom stereocenters. The van der Waals surface area contributed by atoms with Crippen molar-refractivity contribution in [3.63, 3.8) is 0 Å². The number of anilines is 2. The number of ether oxygens (including phenoxy) is 3. The minimum atomic E-state index is -0.0214. The van der Waals surface area contributed by atoms with Gasteiger partial charge in [-0.25, -0.2) is 0 Å². The fourth-order valence-electron chi connectivity index (χ4n) is 2.76. The lowest BCUT2D eigenvalue weighted by Gasteiger charge is -2.22. The molecule has 0 spiro atoms. The van der Waals surface area contributed by atoms with Crippen LogP contribution in [0, 0.1) is 6.92 Å². The first-order valence-electron chi connectivity index (χ1n) is 8.44. The molecule has 0 fully saturated rings. The predicted molar refractivity (Wildman–Crippen MR) is 104 cm³/mol. The molecule has 0 aromatic heterocycles. The Morgan fingerprint density at radius 2 is 1.69 bits per heavy atom. The minimum Gasteiger partial charge on any atom is -0.493 e. The van der Waals surface area contributed by atoms with Crippen LogP contribution in [0.2, 0.25) is 0 Å². The molecule has 140 valence electrons. The summed E-state index contributed by atoms with van der Waals surface area (Å²) < 4.78 is 16.0. The highest BCUT2D eigenvalue weighted by Crippen LogP contribution is 2.39. The number of hydrogen-bond acceptors (Lipinski definition) is 5. The Morgan fingerprint density at radius 1 is 1.04 bits per heavy atom. The number of likely N-dealkylation sites (N-methyl/N-ethyl adjacent to an activating group) is 1. The Balaban J connectivity index is 2.15. The Bertz CT molecular complexity index is 736. The molecule has 0 radical (unpaired) electrons. The van der Waals surface area contributed by atoms with E-state index in [0.29, 0.717) is 29.5 Å². The fourth-order valence-corrected chi connectivity index (χ4v) is 2.76. The van der Waals surface area contributed by atoms with Crippen molar-refractivity contribution in [3.05, 3.63) is 42.0 Å². The van der Waals surface area contributed by atoms with E-state index in [1.54, 1.807) is 38.4 Å². The SMILES string of the molecule is CCN(C(=O)CNc1cc(OC)c(OC)c(OC)c1)c1cccc(C)c1. The van der Waals surface area contributed by atoms with Gasteiger partial charge >= 0.3 is 0 Å². The molecule has 26 heavy (non-hydrogen) atoms. The van der Waals surface area contributed by atoms with Gasteiger partial charge in [0, 0.05) is 30.1 Å². The number of nitrogens with zero attached hydrogens (tertiary/aromatic N) is 1. The van der Waals surface area contributed by atoms with Crippen LogP contribution in [0.15, 0.2) is 36.4 Å². The molecule has 2 aromatic rings. The van der Waals surface area contributed by atoms with Gasteiger partial charge in [0.1, 0.15) is 0 Å². The zero-order valence-corrected chi connectivity index (χ0v) is 16.0. The van der Waals surface area contributed by atoms with Gasteiger partial charge in [0.05, 0.1) is 27.9 Å². The maximum atomic E-state index is 12.7. The van der Waals surface area contributed by atoms with Crippen molar-refractivity contribution in [2.24, 2.45) is 0 Å². The van der Waals surface area contributed by atoms with Crippen molar-refractivity contribution in [2.45, 2.75) is 13.8 Å². The number of amides is 1. The summed E-state index contributed by atoms with van der Waals surface area (Å²) in [5.41, 5.74) is 2.73. The second-order valence-corrected chi connectivity index (χ2v) is 5.74. The van der Waals surface area contributed by atoms with Gasteiger partial charge in [-0.15, -0.1) is 0 Å². The van der Waals surface area contributed by atoms with Crippen molar-refractivity contribution >= 4 is 17.3 Å². The number of rotatable bonds is 8. The molecule has 0 aliphatic carbocycles. The number of hydrogen-bond donors (Lipinski definition) is 1. The Hall–Kier alpha value is -2.89. The molecule has 0 aliphatic rings. The summed E-state index contributed by atoms with van der Waals surface area (Å²) in [6.45, 7) is 4.72. The van der Waals surface area contributed by atoms with Crippen molar-refractivity contribution in [1.82, 2.24) is 0 Å². The third kappa shape index (κ3) is 4.39. The summed E-state index contributed by atoms with van der Waals surface area (Å²) in [5.74, 6) is 1.56. The molecule has 0 saturated heterocycles. The number of carbonyl (C=O) groups is 1. The smallest absolute Gasteiger partial charge is 0.246 e. The maximum absolute atomic E-state index is 12.7. The predicted octanol–water partition coefficient (Wildman–Crippen LogP) is 3.49. The molecule has 0 atom stereocenters. The number of methoxy groups -OCH3 is 3. The monoisotopic (exact) mass is 358 g/mol. The van der Waals surface area contributed by atoms with Gasteiger partial charge in [-0.2, -0.15) is 0 Å². The number of nitrogens with one attached hydrogen (secondary N) is 1. The van der Waals surface area contributed by atoms with Crippen LogP contribution < -0.4 is 24.4 Å². The number of benzene rings is 2. The molecular formula is C20H26N2O4. The maximum Gasteiger partial charge on any atom is 0.246 e. The Labute approximate surface area is 154 Å². The average molecular weight is 358 g/mol. The van der Waals surface area contributed by atoms with E-state index in [-0.39, 0.29) is 12.5 Å². The zero-order valence-electron chi connectivity index (χ0n) is 16.0. The molecule has 0 aliphatic heterocycles. The highest BCUT2D eigenvalue weighted by atomic mass is 16.5. The largest absolute Gasteiger partial charge is 0.493 e. The molecule has 0 bridgehead atoms. The second kappa shape index (κ2) is 8.99. The molecule has 2 aromatic carbocycles. The van der Waals surface area contributed by atoms with Crippen LogP contribution >= 0.6 is 0 Å². The van der Waals surface area contributed by atoms with Gasteiger partial charge in [-0.05, 0) is 31.5 Å². The van der Waals surface area contributed by atoms with Gasteiger partial charge in [-0.1, -0.05) is 12.1 Å². The fraction of sp³-hybridized carbons (Fsp3) is 0.350. The average Bonchev–Trinajstić information content (AvgIpc) is 2.66.